The van der Waals surface area contributed by atoms with Crippen molar-refractivity contribution in [3.8, 4) is 0 Å². The second kappa shape index (κ2) is 10.1. The van der Waals surface area contributed by atoms with Gasteiger partial charge in [0.1, 0.15) is 11.9 Å². The average Bonchev–Trinajstić information content (AvgIpc) is 3.22. The summed E-state index contributed by atoms with van der Waals surface area (Å²) in [6.07, 6.45) is 15.3. The summed E-state index contributed by atoms with van der Waals surface area (Å²) in [6.45, 7) is 9.34. The van der Waals surface area contributed by atoms with Crippen LogP contribution in [0.25, 0.3) is 0 Å². The third-order valence-corrected chi connectivity index (χ3v) is 11.3. The first-order valence-electron chi connectivity index (χ1n) is 14.7. The number of benzene rings is 1. The molecule has 3 nitrogen and oxygen atoms in total. The Morgan fingerprint density at radius 1 is 1.03 bits per heavy atom. The SMILES string of the molecule is CC(=O)CCC[C@H](C)[C@H]1CC[C@H]2[C@@H]3CC=C4C[C@@H](OC(=O)c5ccccc5)CC[C@]4(C)[C@H]3CC[C@]12C. The van der Waals surface area contributed by atoms with Crippen LogP contribution in [-0.2, 0) is 9.53 Å². The van der Waals surface area contributed by atoms with Gasteiger partial charge in [-0.15, -0.1) is 0 Å². The standard InChI is InChI=1S/C33H46O3/c1-22(9-8-10-23(2)34)28-15-16-29-27-14-13-25-21-26(36-31(35)24-11-6-5-7-12-24)17-19-32(25,3)30(27)18-20-33(28,29)4/h5-7,11-13,22,26-30H,8-10,14-21H2,1-4H3/t22-,26-,27-,28+,29-,30-,32-,33+/m0/s1. The van der Waals surface area contributed by atoms with Crippen molar-refractivity contribution >= 4 is 11.8 Å². The third kappa shape index (κ3) is 4.61. The van der Waals surface area contributed by atoms with E-state index in [0.29, 0.717) is 16.8 Å². The second-order valence-electron chi connectivity index (χ2n) is 13.2. The van der Waals surface area contributed by atoms with E-state index in [2.05, 4.69) is 26.8 Å². The minimum Gasteiger partial charge on any atom is -0.458 e. The van der Waals surface area contributed by atoms with Crippen LogP contribution in [0.4, 0.5) is 0 Å². The molecule has 0 bridgehead atoms. The molecule has 4 aliphatic carbocycles. The number of hydrogen-bond donors (Lipinski definition) is 0. The molecule has 1 aromatic rings. The number of carbonyl (C=O) groups is 2. The average molecular weight is 491 g/mol. The maximum Gasteiger partial charge on any atom is 0.338 e. The monoisotopic (exact) mass is 490 g/mol. The summed E-state index contributed by atoms with van der Waals surface area (Å²) in [5, 5.41) is 0. The van der Waals surface area contributed by atoms with Crippen LogP contribution in [-0.4, -0.2) is 17.9 Å². The Labute approximate surface area is 218 Å². The van der Waals surface area contributed by atoms with Crippen LogP contribution >= 0.6 is 0 Å². The van der Waals surface area contributed by atoms with E-state index < -0.39 is 0 Å². The fraction of sp³-hybridized carbons (Fsp3) is 0.697. The summed E-state index contributed by atoms with van der Waals surface area (Å²) in [7, 11) is 0. The van der Waals surface area contributed by atoms with Crippen molar-refractivity contribution < 1.29 is 14.3 Å². The molecule has 1 aromatic carbocycles. The fourth-order valence-corrected chi connectivity index (χ4v) is 9.37. The Hall–Kier alpha value is -1.90. The number of rotatable bonds is 7. The number of esters is 1. The summed E-state index contributed by atoms with van der Waals surface area (Å²) in [4.78, 5) is 24.1. The summed E-state index contributed by atoms with van der Waals surface area (Å²) < 4.78 is 5.98. The van der Waals surface area contributed by atoms with Gasteiger partial charge in [0.2, 0.25) is 0 Å². The topological polar surface area (TPSA) is 43.4 Å². The zero-order chi connectivity index (χ0) is 25.5. The van der Waals surface area contributed by atoms with E-state index in [1.807, 2.05) is 30.3 Å². The normalized spacial score (nSPS) is 38.2. The van der Waals surface area contributed by atoms with Gasteiger partial charge >= 0.3 is 5.97 Å². The van der Waals surface area contributed by atoms with E-state index in [-0.39, 0.29) is 17.5 Å². The van der Waals surface area contributed by atoms with Crippen molar-refractivity contribution in [2.24, 2.45) is 40.4 Å². The molecule has 0 unspecified atom stereocenters. The highest BCUT2D eigenvalue weighted by atomic mass is 16.5. The molecule has 3 saturated carbocycles. The van der Waals surface area contributed by atoms with Gasteiger partial charge in [0.05, 0.1) is 5.56 Å². The summed E-state index contributed by atoms with van der Waals surface area (Å²) in [5.74, 6) is 4.09. The first-order valence-corrected chi connectivity index (χ1v) is 14.7. The summed E-state index contributed by atoms with van der Waals surface area (Å²) >= 11 is 0. The van der Waals surface area contributed by atoms with Gasteiger partial charge in [-0.1, -0.05) is 57.0 Å². The first-order chi connectivity index (χ1) is 17.2. The molecule has 0 radical (unpaired) electrons. The van der Waals surface area contributed by atoms with Gasteiger partial charge in [-0.3, -0.25) is 0 Å². The smallest absolute Gasteiger partial charge is 0.338 e. The van der Waals surface area contributed by atoms with Crippen LogP contribution in [0.15, 0.2) is 42.0 Å². The van der Waals surface area contributed by atoms with Crippen molar-refractivity contribution in [3.05, 3.63) is 47.5 Å². The van der Waals surface area contributed by atoms with Crippen molar-refractivity contribution in [1.82, 2.24) is 0 Å². The van der Waals surface area contributed by atoms with Crippen LogP contribution in [0.5, 0.6) is 0 Å². The van der Waals surface area contributed by atoms with Gasteiger partial charge in [0.25, 0.3) is 0 Å². The number of allylic oxidation sites excluding steroid dienone is 1. The lowest BCUT2D eigenvalue weighted by atomic mass is 9.47. The Kier molecular flexibility index (Phi) is 7.22. The third-order valence-electron chi connectivity index (χ3n) is 11.3. The molecule has 0 aromatic heterocycles. The van der Waals surface area contributed by atoms with E-state index in [0.717, 1.165) is 61.7 Å². The van der Waals surface area contributed by atoms with Crippen molar-refractivity contribution in [2.45, 2.75) is 104 Å². The number of hydrogen-bond acceptors (Lipinski definition) is 3. The maximum absolute atomic E-state index is 12.7. The Morgan fingerprint density at radius 3 is 2.56 bits per heavy atom. The second-order valence-corrected chi connectivity index (χ2v) is 13.2. The number of ether oxygens (including phenoxy) is 1. The van der Waals surface area contributed by atoms with Gasteiger partial charge in [-0.05, 0) is 111 Å². The molecular weight excluding hydrogens is 444 g/mol. The molecule has 196 valence electrons. The molecule has 0 spiro atoms. The molecule has 5 rings (SSSR count). The number of Topliss-reactive ketones (excluding diaryl/α,β-unsaturated/α-hetero) is 1. The summed E-state index contributed by atoms with van der Waals surface area (Å²) in [6, 6.07) is 9.42. The lowest BCUT2D eigenvalue weighted by Gasteiger charge is -2.58. The molecule has 0 aliphatic heterocycles. The van der Waals surface area contributed by atoms with Crippen molar-refractivity contribution in [3.63, 3.8) is 0 Å². The highest BCUT2D eigenvalue weighted by Crippen LogP contribution is 2.67. The minimum atomic E-state index is -0.179. The molecule has 3 heteroatoms. The molecule has 3 fully saturated rings. The first kappa shape index (κ1) is 25.7. The van der Waals surface area contributed by atoms with E-state index in [4.69, 9.17) is 4.74 Å². The Balaban J connectivity index is 1.26. The number of ketones is 1. The zero-order valence-corrected chi connectivity index (χ0v) is 22.9. The molecule has 4 aliphatic rings. The largest absolute Gasteiger partial charge is 0.458 e. The highest BCUT2D eigenvalue weighted by Gasteiger charge is 2.59. The van der Waals surface area contributed by atoms with E-state index >= 15 is 0 Å². The Morgan fingerprint density at radius 2 is 1.81 bits per heavy atom. The predicted octanol–water partition coefficient (Wildman–Crippen LogP) is 8.19. The van der Waals surface area contributed by atoms with Gasteiger partial charge in [-0.2, -0.15) is 0 Å². The van der Waals surface area contributed by atoms with E-state index in [1.54, 1.807) is 12.5 Å². The van der Waals surface area contributed by atoms with Crippen molar-refractivity contribution in [1.29, 1.82) is 0 Å². The van der Waals surface area contributed by atoms with Gasteiger partial charge in [0.15, 0.2) is 0 Å². The number of carbonyl (C=O) groups excluding carboxylic acids is 2. The van der Waals surface area contributed by atoms with Crippen LogP contribution in [0.2, 0.25) is 0 Å². The lowest BCUT2D eigenvalue weighted by Crippen LogP contribution is -2.51. The van der Waals surface area contributed by atoms with E-state index in [9.17, 15) is 9.59 Å². The van der Waals surface area contributed by atoms with Gasteiger partial charge in [0, 0.05) is 12.8 Å². The zero-order valence-electron chi connectivity index (χ0n) is 22.9. The van der Waals surface area contributed by atoms with Gasteiger partial charge < -0.3 is 9.53 Å². The molecule has 0 N–H and O–H groups in total. The van der Waals surface area contributed by atoms with Crippen LogP contribution < -0.4 is 0 Å². The predicted molar refractivity (Wildman–Crippen MR) is 145 cm³/mol. The molecule has 36 heavy (non-hydrogen) atoms. The Bertz CT molecular complexity index is 995. The molecule has 0 heterocycles. The quantitative estimate of drug-likeness (QED) is 0.286. The minimum absolute atomic E-state index is 0.00847. The van der Waals surface area contributed by atoms with Crippen molar-refractivity contribution in [2.75, 3.05) is 0 Å². The molecule has 8 atom stereocenters. The molecule has 0 amide bonds. The maximum atomic E-state index is 12.7. The highest BCUT2D eigenvalue weighted by molar-refractivity contribution is 5.89. The van der Waals surface area contributed by atoms with E-state index in [1.165, 1.54) is 38.5 Å². The van der Waals surface area contributed by atoms with Crippen LogP contribution in [0.3, 0.4) is 0 Å². The van der Waals surface area contributed by atoms with Crippen LogP contribution in [0.1, 0.15) is 109 Å². The van der Waals surface area contributed by atoms with Crippen LogP contribution in [0, 0.1) is 40.4 Å². The molecule has 0 saturated heterocycles. The fourth-order valence-electron chi connectivity index (χ4n) is 9.37. The molecular formula is C33H46O3. The number of fused-ring (bicyclic) bond motifs is 5. The summed E-state index contributed by atoms with van der Waals surface area (Å²) in [5.41, 5.74) is 2.95. The van der Waals surface area contributed by atoms with Gasteiger partial charge in [-0.25, -0.2) is 4.79 Å². The lowest BCUT2D eigenvalue weighted by molar-refractivity contribution is -0.117.